The van der Waals surface area contributed by atoms with Crippen LogP contribution in [0.25, 0.3) is 0 Å². The topological polar surface area (TPSA) is 52.6 Å². The highest BCUT2D eigenvalue weighted by molar-refractivity contribution is 6.13. The van der Waals surface area contributed by atoms with Gasteiger partial charge in [-0.05, 0) is 77.7 Å². The normalized spacial score (nSPS) is 11.1. The van der Waals surface area contributed by atoms with E-state index in [-0.39, 0.29) is 17.0 Å². The van der Waals surface area contributed by atoms with E-state index in [9.17, 15) is 9.59 Å². The lowest BCUT2D eigenvalue weighted by atomic mass is 9.83. The molecule has 0 saturated carbocycles. The van der Waals surface area contributed by atoms with Crippen LogP contribution in [0.4, 0.5) is 0 Å². The molecule has 0 aliphatic carbocycles. The highest BCUT2D eigenvalue weighted by Gasteiger charge is 2.21. The van der Waals surface area contributed by atoms with Crippen molar-refractivity contribution in [1.82, 2.24) is 0 Å². The molecule has 0 heterocycles. The van der Waals surface area contributed by atoms with Crippen LogP contribution >= 0.6 is 0 Å². The number of carbonyl (C=O) groups is 2. The van der Waals surface area contributed by atoms with Crippen molar-refractivity contribution in [3.8, 4) is 11.5 Å². The zero-order chi connectivity index (χ0) is 21.9. The van der Waals surface area contributed by atoms with Crippen LogP contribution in [-0.2, 0) is 5.41 Å². The average Bonchev–Trinajstić information content (AvgIpc) is 2.77. The fraction of sp³-hybridized carbons (Fsp3) is 0.231. The quantitative estimate of drug-likeness (QED) is 0.514. The SMILES string of the molecule is COc1ccc(C(=O)c2cc(C(=O)c3ccc(OC)cc3)cc(C(C)(C)C)c2)cc1. The highest BCUT2D eigenvalue weighted by atomic mass is 16.5. The van der Waals surface area contributed by atoms with E-state index < -0.39 is 0 Å². The number of hydrogen-bond acceptors (Lipinski definition) is 4. The zero-order valence-corrected chi connectivity index (χ0v) is 18.0. The Hall–Kier alpha value is -3.40. The lowest BCUT2D eigenvalue weighted by molar-refractivity contribution is 0.103. The van der Waals surface area contributed by atoms with Crippen molar-refractivity contribution < 1.29 is 19.1 Å². The Labute approximate surface area is 177 Å². The Morgan fingerprint density at radius 3 is 1.27 bits per heavy atom. The molecule has 4 heteroatoms. The van der Waals surface area contributed by atoms with Crippen LogP contribution in [0.1, 0.15) is 58.2 Å². The van der Waals surface area contributed by atoms with Crippen molar-refractivity contribution in [3.63, 3.8) is 0 Å². The van der Waals surface area contributed by atoms with Crippen LogP contribution in [0, 0.1) is 0 Å². The fourth-order valence-corrected chi connectivity index (χ4v) is 3.14. The van der Waals surface area contributed by atoms with Crippen LogP contribution in [0.3, 0.4) is 0 Å². The van der Waals surface area contributed by atoms with Gasteiger partial charge >= 0.3 is 0 Å². The van der Waals surface area contributed by atoms with E-state index in [0.29, 0.717) is 33.8 Å². The van der Waals surface area contributed by atoms with Crippen LogP contribution in [0.5, 0.6) is 11.5 Å². The number of methoxy groups -OCH3 is 2. The van der Waals surface area contributed by atoms with Gasteiger partial charge in [-0.2, -0.15) is 0 Å². The molecule has 0 unspecified atom stereocenters. The number of carbonyl (C=O) groups excluding carboxylic acids is 2. The predicted octanol–water partition coefficient (Wildman–Crippen LogP) is 5.46. The molecule has 3 aromatic rings. The largest absolute Gasteiger partial charge is 0.497 e. The van der Waals surface area contributed by atoms with Gasteiger partial charge in [0.15, 0.2) is 11.6 Å². The van der Waals surface area contributed by atoms with Crippen LogP contribution in [0.2, 0.25) is 0 Å². The molecule has 0 amide bonds. The molecule has 3 rings (SSSR count). The first-order valence-corrected chi connectivity index (χ1v) is 9.76. The molecule has 0 aliphatic rings. The molecule has 0 aliphatic heterocycles. The maximum atomic E-state index is 13.2. The second kappa shape index (κ2) is 8.54. The minimum atomic E-state index is -0.217. The minimum absolute atomic E-state index is 0.132. The molecule has 4 nitrogen and oxygen atoms in total. The molecule has 30 heavy (non-hydrogen) atoms. The monoisotopic (exact) mass is 402 g/mol. The third-order valence-electron chi connectivity index (χ3n) is 5.03. The van der Waals surface area contributed by atoms with Crippen molar-refractivity contribution in [1.29, 1.82) is 0 Å². The first-order chi connectivity index (χ1) is 14.2. The average molecular weight is 402 g/mol. The molecule has 0 atom stereocenters. The zero-order valence-electron chi connectivity index (χ0n) is 18.0. The van der Waals surface area contributed by atoms with Crippen molar-refractivity contribution in [3.05, 3.63) is 94.5 Å². The molecule has 0 N–H and O–H groups in total. The van der Waals surface area contributed by atoms with Gasteiger partial charge in [0.05, 0.1) is 14.2 Å². The Morgan fingerprint density at radius 1 is 0.600 bits per heavy atom. The van der Waals surface area contributed by atoms with Gasteiger partial charge in [-0.25, -0.2) is 0 Å². The maximum absolute atomic E-state index is 13.2. The molecule has 3 aromatic carbocycles. The predicted molar refractivity (Wildman–Crippen MR) is 118 cm³/mol. The summed E-state index contributed by atoms with van der Waals surface area (Å²) in [6.07, 6.45) is 0. The summed E-state index contributed by atoms with van der Waals surface area (Å²) in [6, 6.07) is 19.4. The Balaban J connectivity index is 2.04. The van der Waals surface area contributed by atoms with Gasteiger partial charge in [-0.15, -0.1) is 0 Å². The maximum Gasteiger partial charge on any atom is 0.193 e. The number of ether oxygens (including phenoxy) is 2. The van der Waals surface area contributed by atoms with Gasteiger partial charge in [0.2, 0.25) is 0 Å². The third-order valence-corrected chi connectivity index (χ3v) is 5.03. The molecule has 0 fully saturated rings. The third kappa shape index (κ3) is 4.60. The molecular weight excluding hydrogens is 376 g/mol. The summed E-state index contributed by atoms with van der Waals surface area (Å²) in [5, 5.41) is 0. The van der Waals surface area contributed by atoms with Gasteiger partial charge in [-0.1, -0.05) is 20.8 Å². The summed E-state index contributed by atoms with van der Waals surface area (Å²) in [7, 11) is 3.17. The second-order valence-corrected chi connectivity index (χ2v) is 8.16. The van der Waals surface area contributed by atoms with Crippen molar-refractivity contribution >= 4 is 11.6 Å². The molecule has 0 saturated heterocycles. The van der Waals surface area contributed by atoms with E-state index >= 15 is 0 Å². The van der Waals surface area contributed by atoms with E-state index in [1.54, 1.807) is 68.8 Å². The van der Waals surface area contributed by atoms with Gasteiger partial charge in [-0.3, -0.25) is 9.59 Å². The van der Waals surface area contributed by atoms with Crippen LogP contribution in [0.15, 0.2) is 66.7 Å². The molecule has 0 spiro atoms. The highest BCUT2D eigenvalue weighted by Crippen LogP contribution is 2.27. The van der Waals surface area contributed by atoms with E-state index in [0.717, 1.165) is 5.56 Å². The van der Waals surface area contributed by atoms with E-state index in [4.69, 9.17) is 9.47 Å². The van der Waals surface area contributed by atoms with Crippen molar-refractivity contribution in [2.75, 3.05) is 14.2 Å². The second-order valence-electron chi connectivity index (χ2n) is 8.16. The van der Waals surface area contributed by atoms with Gasteiger partial charge in [0.25, 0.3) is 0 Å². The van der Waals surface area contributed by atoms with E-state index in [1.165, 1.54) is 0 Å². The van der Waals surface area contributed by atoms with Crippen molar-refractivity contribution in [2.45, 2.75) is 26.2 Å². The van der Waals surface area contributed by atoms with Gasteiger partial charge in [0.1, 0.15) is 11.5 Å². The van der Waals surface area contributed by atoms with Gasteiger partial charge in [0, 0.05) is 22.3 Å². The van der Waals surface area contributed by atoms with E-state index in [2.05, 4.69) is 20.8 Å². The summed E-state index contributed by atoms with van der Waals surface area (Å²) in [4.78, 5) is 26.3. The number of rotatable bonds is 6. The molecule has 0 bridgehead atoms. The van der Waals surface area contributed by atoms with Crippen LogP contribution < -0.4 is 9.47 Å². The first-order valence-electron chi connectivity index (χ1n) is 9.76. The Bertz CT molecular complexity index is 978. The summed E-state index contributed by atoms with van der Waals surface area (Å²) in [5.74, 6) is 1.11. The number of ketones is 2. The standard InChI is InChI=1S/C26H26O4/c1-26(2,3)21-15-19(24(27)17-6-10-22(29-4)11-7-17)14-20(16-21)25(28)18-8-12-23(30-5)13-9-18/h6-16H,1-5H3. The lowest BCUT2D eigenvalue weighted by Gasteiger charge is -2.21. The number of hydrogen-bond donors (Lipinski definition) is 0. The van der Waals surface area contributed by atoms with E-state index in [1.807, 2.05) is 12.1 Å². The summed E-state index contributed by atoms with van der Waals surface area (Å²) < 4.78 is 10.3. The number of benzene rings is 3. The first kappa shape index (κ1) is 21.3. The fourth-order valence-electron chi connectivity index (χ4n) is 3.14. The Morgan fingerprint density at radius 2 is 0.967 bits per heavy atom. The van der Waals surface area contributed by atoms with Crippen molar-refractivity contribution in [2.24, 2.45) is 0 Å². The van der Waals surface area contributed by atoms with Crippen LogP contribution in [-0.4, -0.2) is 25.8 Å². The Kier molecular flexibility index (Phi) is 6.06. The molecule has 154 valence electrons. The smallest absolute Gasteiger partial charge is 0.193 e. The molecule has 0 aromatic heterocycles. The molecular formula is C26H26O4. The summed E-state index contributed by atoms with van der Waals surface area (Å²) >= 11 is 0. The molecule has 0 radical (unpaired) electrons. The summed E-state index contributed by atoms with van der Waals surface area (Å²) in [6.45, 7) is 6.18. The lowest BCUT2D eigenvalue weighted by Crippen LogP contribution is -2.15. The minimum Gasteiger partial charge on any atom is -0.497 e. The summed E-state index contributed by atoms with van der Waals surface area (Å²) in [5.41, 5.74) is 2.78. The van der Waals surface area contributed by atoms with Gasteiger partial charge < -0.3 is 9.47 Å².